The monoisotopic (exact) mass is 330 g/mol. The van der Waals surface area contributed by atoms with Gasteiger partial charge in [0.05, 0.1) is 6.10 Å². The van der Waals surface area contributed by atoms with Gasteiger partial charge in [0.25, 0.3) is 6.57 Å². The molecule has 3 N–H and O–H groups in total. The summed E-state index contributed by atoms with van der Waals surface area (Å²) in [4.78, 5) is 16.5. The van der Waals surface area contributed by atoms with Gasteiger partial charge in [0.1, 0.15) is 21.9 Å². The summed E-state index contributed by atoms with van der Waals surface area (Å²) in [6, 6.07) is 2.05. The minimum absolute atomic E-state index is 0.201. The molecule has 2 aromatic heterocycles. The first-order valence-electron chi connectivity index (χ1n) is 7.55. The summed E-state index contributed by atoms with van der Waals surface area (Å²) in [7, 11) is 1.64. The Morgan fingerprint density at radius 3 is 2.83 bits per heavy atom. The van der Waals surface area contributed by atoms with Gasteiger partial charge in [0, 0.05) is 20.1 Å². The molecule has 7 heteroatoms. The van der Waals surface area contributed by atoms with Gasteiger partial charge in [-0.1, -0.05) is 0 Å². The van der Waals surface area contributed by atoms with Gasteiger partial charge in [-0.15, -0.1) is 11.3 Å². The number of aryl methyl sites for hydroxylation is 1. The Balaban J connectivity index is 2.10. The predicted octanol–water partition coefficient (Wildman–Crippen LogP) is 2.50. The van der Waals surface area contributed by atoms with Crippen LogP contribution in [-0.2, 0) is 0 Å². The lowest BCUT2D eigenvalue weighted by atomic mass is 10.1. The molecule has 23 heavy (non-hydrogen) atoms. The SMILES string of the molecule is C#[N+]c1c(C(N)=NC)sc2nc(N3CCC(O)CC3)cc(C)c12. The maximum atomic E-state index is 9.66. The highest BCUT2D eigenvalue weighted by molar-refractivity contribution is 7.21. The quantitative estimate of drug-likeness (QED) is 0.655. The van der Waals surface area contributed by atoms with Gasteiger partial charge >= 0.3 is 5.69 Å². The zero-order valence-electron chi connectivity index (χ0n) is 13.3. The number of pyridine rings is 1. The molecule has 0 spiro atoms. The first-order chi connectivity index (χ1) is 11.0. The summed E-state index contributed by atoms with van der Waals surface area (Å²) in [5.74, 6) is 1.34. The van der Waals surface area contributed by atoms with Crippen molar-refractivity contribution in [3.8, 4) is 6.57 Å². The number of fused-ring (bicyclic) bond motifs is 1. The summed E-state index contributed by atoms with van der Waals surface area (Å²) < 4.78 is 0. The average Bonchev–Trinajstić information content (AvgIpc) is 2.93. The third kappa shape index (κ3) is 2.76. The molecule has 0 atom stereocenters. The second-order valence-electron chi connectivity index (χ2n) is 5.71. The number of aliphatic hydroxyl groups excluding tert-OH is 1. The van der Waals surface area contributed by atoms with Gasteiger partial charge < -0.3 is 15.7 Å². The highest BCUT2D eigenvalue weighted by Gasteiger charge is 2.27. The molecule has 0 bridgehead atoms. The van der Waals surface area contributed by atoms with Crippen molar-refractivity contribution in [1.29, 1.82) is 0 Å². The second kappa shape index (κ2) is 6.14. The van der Waals surface area contributed by atoms with E-state index in [9.17, 15) is 5.11 Å². The van der Waals surface area contributed by atoms with Crippen LogP contribution in [0.1, 0.15) is 23.3 Å². The van der Waals surface area contributed by atoms with Crippen molar-refractivity contribution in [1.82, 2.24) is 4.98 Å². The molecule has 3 heterocycles. The molecule has 0 aliphatic carbocycles. The van der Waals surface area contributed by atoms with Crippen molar-refractivity contribution in [3.63, 3.8) is 0 Å². The van der Waals surface area contributed by atoms with E-state index in [2.05, 4.69) is 14.7 Å². The highest BCUT2D eigenvalue weighted by Crippen LogP contribution is 2.40. The molecule has 2 aromatic rings. The number of aliphatic imine (C=N–C) groups is 1. The summed E-state index contributed by atoms with van der Waals surface area (Å²) in [5, 5.41) is 10.6. The van der Waals surface area contributed by atoms with Crippen LogP contribution < -0.4 is 10.6 Å². The molecule has 120 valence electrons. The molecule has 0 saturated carbocycles. The van der Waals surface area contributed by atoms with E-state index in [0.29, 0.717) is 11.5 Å². The average molecular weight is 330 g/mol. The first kappa shape index (κ1) is 15.7. The van der Waals surface area contributed by atoms with E-state index in [4.69, 9.17) is 17.3 Å². The molecule has 1 saturated heterocycles. The van der Waals surface area contributed by atoms with Crippen molar-refractivity contribution in [2.75, 3.05) is 25.0 Å². The van der Waals surface area contributed by atoms with E-state index in [1.54, 1.807) is 7.05 Å². The van der Waals surface area contributed by atoms with E-state index in [-0.39, 0.29) is 6.10 Å². The van der Waals surface area contributed by atoms with Crippen molar-refractivity contribution < 1.29 is 5.11 Å². The number of hydrogen-bond donors (Lipinski definition) is 2. The van der Waals surface area contributed by atoms with Crippen molar-refractivity contribution in [2.24, 2.45) is 10.7 Å². The molecule has 6 nitrogen and oxygen atoms in total. The Hall–Kier alpha value is -2.17. The van der Waals surface area contributed by atoms with Crippen LogP contribution in [0.3, 0.4) is 0 Å². The maximum absolute atomic E-state index is 9.66. The van der Waals surface area contributed by atoms with E-state index in [1.807, 2.05) is 13.0 Å². The lowest BCUT2D eigenvalue weighted by Crippen LogP contribution is -2.36. The van der Waals surface area contributed by atoms with Crippen molar-refractivity contribution >= 4 is 38.9 Å². The third-order valence-corrected chi connectivity index (χ3v) is 5.31. The van der Waals surface area contributed by atoms with Gasteiger partial charge in [0.15, 0.2) is 4.88 Å². The Labute approximate surface area is 139 Å². The Bertz CT molecular complexity index is 812. The number of hydrogen-bond acceptors (Lipinski definition) is 5. The largest absolute Gasteiger partial charge is 0.393 e. The van der Waals surface area contributed by atoms with E-state index < -0.39 is 0 Å². The number of piperidine rings is 1. The summed E-state index contributed by atoms with van der Waals surface area (Å²) in [6.45, 7) is 9.22. The normalized spacial score (nSPS) is 16.8. The summed E-state index contributed by atoms with van der Waals surface area (Å²) in [5.41, 5.74) is 7.67. The fourth-order valence-electron chi connectivity index (χ4n) is 2.90. The third-order valence-electron chi connectivity index (χ3n) is 4.21. The van der Waals surface area contributed by atoms with Gasteiger partial charge in [-0.3, -0.25) is 4.99 Å². The molecule has 1 aliphatic rings. The number of aromatic nitrogens is 1. The Morgan fingerprint density at radius 1 is 1.52 bits per heavy atom. The molecule has 1 aliphatic heterocycles. The van der Waals surface area contributed by atoms with E-state index >= 15 is 0 Å². The maximum Gasteiger partial charge on any atom is 0.371 e. The van der Waals surface area contributed by atoms with E-state index in [0.717, 1.165) is 52.4 Å². The van der Waals surface area contributed by atoms with Crippen molar-refractivity contribution in [3.05, 3.63) is 21.4 Å². The van der Waals surface area contributed by atoms with Crippen LogP contribution in [-0.4, -0.2) is 42.2 Å². The number of thiophene rings is 1. The smallest absolute Gasteiger partial charge is 0.371 e. The Morgan fingerprint density at radius 2 is 2.22 bits per heavy atom. The van der Waals surface area contributed by atoms with Gasteiger partial charge in [0.2, 0.25) is 0 Å². The molecule has 0 radical (unpaired) electrons. The molecular weight excluding hydrogens is 310 g/mol. The van der Waals surface area contributed by atoms with Crippen LogP contribution in [0.5, 0.6) is 0 Å². The highest BCUT2D eigenvalue weighted by atomic mass is 32.1. The van der Waals surface area contributed by atoms with E-state index in [1.165, 1.54) is 11.3 Å². The van der Waals surface area contributed by atoms with Crippen LogP contribution in [0.2, 0.25) is 0 Å². The van der Waals surface area contributed by atoms with Gasteiger partial charge in [-0.25, -0.2) is 4.98 Å². The zero-order valence-corrected chi connectivity index (χ0v) is 14.1. The standard InChI is InChI=1S/C16H20N5OS/c1-9-8-11(21-6-4-10(22)5-7-21)20-16-12(9)13(18-2)14(23-16)15(17)19-3/h2,8,10,22H,4-7H2,1,3H3,(H2,17,19)/q+1. The molecule has 1 fully saturated rings. The van der Waals surface area contributed by atoms with Gasteiger partial charge in [-0.2, -0.15) is 0 Å². The summed E-state index contributed by atoms with van der Waals surface area (Å²) in [6.07, 6.45) is 1.34. The van der Waals surface area contributed by atoms with Crippen molar-refractivity contribution in [2.45, 2.75) is 25.9 Å². The molecule has 3 rings (SSSR count). The number of anilines is 1. The molecular formula is C16H20N5OS+. The number of rotatable bonds is 2. The predicted molar refractivity (Wildman–Crippen MR) is 96.4 cm³/mol. The molecule has 0 amide bonds. The number of amidine groups is 1. The Kier molecular flexibility index (Phi) is 4.20. The van der Waals surface area contributed by atoms with Crippen LogP contribution in [0, 0.1) is 13.5 Å². The second-order valence-corrected chi connectivity index (χ2v) is 6.71. The van der Waals surface area contributed by atoms with Gasteiger partial charge in [-0.05, 0) is 36.2 Å². The fraction of sp³-hybridized carbons (Fsp3) is 0.438. The number of nitrogens with two attached hydrogens (primary N) is 1. The number of nitrogens with zero attached hydrogens (tertiary/aromatic N) is 4. The van der Waals surface area contributed by atoms with Crippen LogP contribution >= 0.6 is 11.3 Å². The number of aliphatic hydroxyl groups is 1. The minimum atomic E-state index is -0.201. The topological polar surface area (TPSA) is 79.1 Å². The molecule has 0 unspecified atom stereocenters. The molecule has 0 aromatic carbocycles. The van der Waals surface area contributed by atoms with Crippen LogP contribution in [0.4, 0.5) is 11.5 Å². The first-order valence-corrected chi connectivity index (χ1v) is 8.37. The lowest BCUT2D eigenvalue weighted by molar-refractivity contribution is 0.145. The zero-order chi connectivity index (χ0) is 16.6. The summed E-state index contributed by atoms with van der Waals surface area (Å²) >= 11 is 1.46. The fourth-order valence-corrected chi connectivity index (χ4v) is 4.04. The van der Waals surface area contributed by atoms with Crippen LogP contribution in [0.25, 0.3) is 15.1 Å². The lowest BCUT2D eigenvalue weighted by Gasteiger charge is -2.30. The minimum Gasteiger partial charge on any atom is -0.393 e. The van der Waals surface area contributed by atoms with Crippen LogP contribution in [0.15, 0.2) is 11.1 Å².